The molecule has 0 bridgehead atoms. The summed E-state index contributed by atoms with van der Waals surface area (Å²) in [5, 5.41) is 3.31. The molecule has 7 nitrogen and oxygen atoms in total. The number of ether oxygens (including phenoxy) is 1. The SMILES string of the molecule is CCCCNc1cc(Cc2ccc(CN3CCCC3)nc2OC)nc(N)n1. The van der Waals surface area contributed by atoms with Crippen molar-refractivity contribution in [3.63, 3.8) is 0 Å². The van der Waals surface area contributed by atoms with E-state index in [9.17, 15) is 0 Å². The van der Waals surface area contributed by atoms with E-state index in [0.717, 1.165) is 61.8 Å². The topological polar surface area (TPSA) is 89.2 Å². The number of nitrogens with two attached hydrogens (primary N) is 1. The third-order valence-corrected chi connectivity index (χ3v) is 4.78. The molecule has 0 aliphatic carbocycles. The fourth-order valence-electron chi connectivity index (χ4n) is 3.36. The van der Waals surface area contributed by atoms with Gasteiger partial charge in [0, 0.05) is 31.1 Å². The molecule has 3 rings (SSSR count). The first-order valence-corrected chi connectivity index (χ1v) is 9.80. The Labute approximate surface area is 161 Å². The molecule has 2 aromatic rings. The van der Waals surface area contributed by atoms with Crippen molar-refractivity contribution in [1.29, 1.82) is 0 Å². The van der Waals surface area contributed by atoms with Crippen LogP contribution in [0.4, 0.5) is 11.8 Å². The average Bonchev–Trinajstić information content (AvgIpc) is 3.16. The Hall–Kier alpha value is -2.41. The number of nitrogen functional groups attached to an aromatic ring is 1. The number of nitrogens with zero attached hydrogens (tertiary/aromatic N) is 4. The van der Waals surface area contributed by atoms with E-state index in [1.165, 1.54) is 12.8 Å². The van der Waals surface area contributed by atoms with E-state index < -0.39 is 0 Å². The zero-order valence-corrected chi connectivity index (χ0v) is 16.4. The van der Waals surface area contributed by atoms with Crippen LogP contribution in [0.3, 0.4) is 0 Å². The van der Waals surface area contributed by atoms with Gasteiger partial charge in [-0.05, 0) is 38.4 Å². The van der Waals surface area contributed by atoms with Gasteiger partial charge >= 0.3 is 0 Å². The van der Waals surface area contributed by atoms with Gasteiger partial charge in [0.15, 0.2) is 0 Å². The molecule has 1 aliphatic heterocycles. The largest absolute Gasteiger partial charge is 0.481 e. The van der Waals surface area contributed by atoms with Crippen molar-refractivity contribution in [2.45, 2.75) is 45.6 Å². The van der Waals surface area contributed by atoms with Gasteiger partial charge < -0.3 is 15.8 Å². The monoisotopic (exact) mass is 370 g/mol. The maximum Gasteiger partial charge on any atom is 0.222 e. The summed E-state index contributed by atoms with van der Waals surface area (Å²) in [7, 11) is 1.66. The van der Waals surface area contributed by atoms with Gasteiger partial charge in [0.1, 0.15) is 5.82 Å². The zero-order chi connectivity index (χ0) is 19.1. The summed E-state index contributed by atoms with van der Waals surface area (Å²) in [5.41, 5.74) is 8.79. The molecule has 3 N–H and O–H groups in total. The van der Waals surface area contributed by atoms with E-state index in [1.807, 2.05) is 6.07 Å². The van der Waals surface area contributed by atoms with Crippen molar-refractivity contribution in [1.82, 2.24) is 19.9 Å². The quantitative estimate of drug-likeness (QED) is 0.656. The Morgan fingerprint density at radius 2 is 1.96 bits per heavy atom. The molecular formula is C20H30N6O. The summed E-state index contributed by atoms with van der Waals surface area (Å²) in [4.78, 5) is 15.8. The Balaban J connectivity index is 1.72. The van der Waals surface area contributed by atoms with Crippen LogP contribution < -0.4 is 15.8 Å². The van der Waals surface area contributed by atoms with Crippen LogP contribution in [0.5, 0.6) is 5.88 Å². The Morgan fingerprint density at radius 1 is 1.15 bits per heavy atom. The van der Waals surface area contributed by atoms with E-state index in [0.29, 0.717) is 12.3 Å². The molecule has 7 heteroatoms. The fraction of sp³-hybridized carbons (Fsp3) is 0.550. The summed E-state index contributed by atoms with van der Waals surface area (Å²) < 4.78 is 5.54. The Kier molecular flexibility index (Phi) is 6.81. The summed E-state index contributed by atoms with van der Waals surface area (Å²) in [5.74, 6) is 1.71. The number of unbranched alkanes of at least 4 members (excludes halogenated alkanes) is 1. The van der Waals surface area contributed by atoms with Crippen molar-refractivity contribution in [2.75, 3.05) is 37.8 Å². The van der Waals surface area contributed by atoms with E-state index in [4.69, 9.17) is 15.5 Å². The highest BCUT2D eigenvalue weighted by molar-refractivity contribution is 5.42. The first-order valence-electron chi connectivity index (χ1n) is 9.80. The standard InChI is InChI=1S/C20H30N6O/c1-3-4-9-22-18-13-17(24-20(21)25-18)12-15-7-8-16(23-19(15)27-2)14-26-10-5-6-11-26/h7-8,13H,3-6,9-12,14H2,1-2H3,(H3,21,22,24,25). The lowest BCUT2D eigenvalue weighted by atomic mass is 10.1. The van der Waals surface area contributed by atoms with Gasteiger partial charge in [0.05, 0.1) is 18.5 Å². The molecule has 2 aromatic heterocycles. The first kappa shape index (κ1) is 19.4. The van der Waals surface area contributed by atoms with Gasteiger partial charge in [0.25, 0.3) is 0 Å². The van der Waals surface area contributed by atoms with Gasteiger partial charge in [0.2, 0.25) is 11.8 Å². The Morgan fingerprint density at radius 3 is 2.70 bits per heavy atom. The second kappa shape index (κ2) is 9.50. The molecule has 1 aliphatic rings. The van der Waals surface area contributed by atoms with Gasteiger partial charge in [-0.2, -0.15) is 4.98 Å². The van der Waals surface area contributed by atoms with Crippen molar-refractivity contribution in [3.8, 4) is 5.88 Å². The lowest BCUT2D eigenvalue weighted by Crippen LogP contribution is -2.19. The van der Waals surface area contributed by atoms with Crippen LogP contribution in [0.2, 0.25) is 0 Å². The minimum Gasteiger partial charge on any atom is -0.481 e. The van der Waals surface area contributed by atoms with E-state index in [2.05, 4.69) is 39.2 Å². The molecule has 0 amide bonds. The fourth-order valence-corrected chi connectivity index (χ4v) is 3.36. The zero-order valence-electron chi connectivity index (χ0n) is 16.4. The van der Waals surface area contributed by atoms with Crippen LogP contribution >= 0.6 is 0 Å². The van der Waals surface area contributed by atoms with Crippen LogP contribution in [0.1, 0.15) is 49.6 Å². The molecule has 0 saturated carbocycles. The van der Waals surface area contributed by atoms with Crippen LogP contribution in [-0.2, 0) is 13.0 Å². The number of aromatic nitrogens is 3. The highest BCUT2D eigenvalue weighted by Crippen LogP contribution is 2.22. The average molecular weight is 371 g/mol. The van der Waals surface area contributed by atoms with Gasteiger partial charge in [-0.15, -0.1) is 0 Å². The third kappa shape index (κ3) is 5.53. The highest BCUT2D eigenvalue weighted by Gasteiger charge is 2.15. The summed E-state index contributed by atoms with van der Waals surface area (Å²) in [6.07, 6.45) is 5.38. The molecule has 146 valence electrons. The predicted octanol–water partition coefficient (Wildman–Crippen LogP) is 2.86. The van der Waals surface area contributed by atoms with Crippen molar-refractivity contribution in [2.24, 2.45) is 0 Å². The number of rotatable bonds is 9. The van der Waals surface area contributed by atoms with Crippen LogP contribution in [0.25, 0.3) is 0 Å². The van der Waals surface area contributed by atoms with Gasteiger partial charge in [-0.25, -0.2) is 9.97 Å². The smallest absolute Gasteiger partial charge is 0.222 e. The van der Waals surface area contributed by atoms with Crippen LogP contribution in [-0.4, -0.2) is 46.6 Å². The van der Waals surface area contributed by atoms with Gasteiger partial charge in [-0.3, -0.25) is 4.90 Å². The molecule has 0 aromatic carbocycles. The molecule has 27 heavy (non-hydrogen) atoms. The van der Waals surface area contributed by atoms with E-state index >= 15 is 0 Å². The Bertz CT molecular complexity index is 745. The molecule has 0 spiro atoms. The van der Waals surface area contributed by atoms with Crippen molar-refractivity contribution in [3.05, 3.63) is 35.2 Å². The minimum atomic E-state index is 0.282. The van der Waals surface area contributed by atoms with Crippen LogP contribution in [0.15, 0.2) is 18.2 Å². The first-order chi connectivity index (χ1) is 13.2. The molecular weight excluding hydrogens is 340 g/mol. The molecule has 0 radical (unpaired) electrons. The number of hydrogen-bond acceptors (Lipinski definition) is 7. The van der Waals surface area contributed by atoms with E-state index in [-0.39, 0.29) is 5.95 Å². The van der Waals surface area contributed by atoms with Gasteiger partial charge in [-0.1, -0.05) is 19.4 Å². The van der Waals surface area contributed by atoms with E-state index in [1.54, 1.807) is 7.11 Å². The number of anilines is 2. The number of pyridine rings is 1. The summed E-state index contributed by atoms with van der Waals surface area (Å²) >= 11 is 0. The maximum absolute atomic E-state index is 5.89. The summed E-state index contributed by atoms with van der Waals surface area (Å²) in [6.45, 7) is 6.22. The second-order valence-electron chi connectivity index (χ2n) is 7.01. The maximum atomic E-state index is 5.89. The minimum absolute atomic E-state index is 0.282. The number of likely N-dealkylation sites (tertiary alicyclic amines) is 1. The second-order valence-corrected chi connectivity index (χ2v) is 7.01. The molecule has 0 unspecified atom stereocenters. The number of methoxy groups -OCH3 is 1. The molecule has 1 saturated heterocycles. The molecule has 0 atom stereocenters. The van der Waals surface area contributed by atoms with Crippen molar-refractivity contribution >= 4 is 11.8 Å². The summed E-state index contributed by atoms with van der Waals surface area (Å²) in [6, 6.07) is 6.12. The number of nitrogens with one attached hydrogen (secondary N) is 1. The number of hydrogen-bond donors (Lipinski definition) is 2. The third-order valence-electron chi connectivity index (χ3n) is 4.78. The predicted molar refractivity (Wildman–Crippen MR) is 108 cm³/mol. The highest BCUT2D eigenvalue weighted by atomic mass is 16.5. The van der Waals surface area contributed by atoms with Crippen LogP contribution in [0, 0.1) is 0 Å². The lowest BCUT2D eigenvalue weighted by Gasteiger charge is -2.15. The van der Waals surface area contributed by atoms with Crippen molar-refractivity contribution < 1.29 is 4.74 Å². The molecule has 3 heterocycles. The normalized spacial score (nSPS) is 14.4. The lowest BCUT2D eigenvalue weighted by molar-refractivity contribution is 0.323. The molecule has 1 fully saturated rings.